The summed E-state index contributed by atoms with van der Waals surface area (Å²) < 4.78 is 18.0. The standard InChI is InChI=1S/C13H17FN2O2/c14-11-1-3-12(4-2-11)18-6-5-13(17)16-9-10-7-15-8-10/h1-4,10,15H,5-9H2,(H,16,17). The molecule has 0 saturated carbocycles. The van der Waals surface area contributed by atoms with E-state index < -0.39 is 0 Å². The lowest BCUT2D eigenvalue weighted by atomic mass is 10.0. The molecule has 0 spiro atoms. The Morgan fingerprint density at radius 1 is 1.39 bits per heavy atom. The molecule has 1 aliphatic heterocycles. The average Bonchev–Trinajstić information content (AvgIpc) is 2.30. The Hall–Kier alpha value is -1.62. The number of carbonyl (C=O) groups is 1. The number of benzene rings is 1. The summed E-state index contributed by atoms with van der Waals surface area (Å²) in [6.45, 7) is 2.99. The Bertz CT molecular complexity index is 390. The Kier molecular flexibility index (Phi) is 4.52. The molecule has 0 aromatic heterocycles. The topological polar surface area (TPSA) is 50.4 Å². The van der Waals surface area contributed by atoms with Crippen LogP contribution < -0.4 is 15.4 Å². The van der Waals surface area contributed by atoms with Crippen LogP contribution in [0.15, 0.2) is 24.3 Å². The molecule has 1 fully saturated rings. The molecule has 98 valence electrons. The van der Waals surface area contributed by atoms with Crippen molar-refractivity contribution in [2.75, 3.05) is 26.2 Å². The fourth-order valence-corrected chi connectivity index (χ4v) is 1.63. The second-order valence-corrected chi connectivity index (χ2v) is 4.38. The highest BCUT2D eigenvalue weighted by Crippen LogP contribution is 2.11. The van der Waals surface area contributed by atoms with Gasteiger partial charge < -0.3 is 15.4 Å². The first-order chi connectivity index (χ1) is 8.74. The lowest BCUT2D eigenvalue weighted by Gasteiger charge is -2.27. The van der Waals surface area contributed by atoms with Crippen molar-refractivity contribution in [2.45, 2.75) is 6.42 Å². The van der Waals surface area contributed by atoms with Crippen LogP contribution in [0, 0.1) is 11.7 Å². The van der Waals surface area contributed by atoms with Crippen LogP contribution in [0.3, 0.4) is 0 Å². The number of halogens is 1. The fraction of sp³-hybridized carbons (Fsp3) is 0.462. The van der Waals surface area contributed by atoms with Crippen LogP contribution in [0.5, 0.6) is 5.75 Å². The van der Waals surface area contributed by atoms with E-state index >= 15 is 0 Å². The van der Waals surface area contributed by atoms with Crippen LogP contribution in [-0.2, 0) is 4.79 Å². The van der Waals surface area contributed by atoms with Crippen molar-refractivity contribution in [1.82, 2.24) is 10.6 Å². The van der Waals surface area contributed by atoms with Crippen molar-refractivity contribution < 1.29 is 13.9 Å². The van der Waals surface area contributed by atoms with Gasteiger partial charge in [0.15, 0.2) is 0 Å². The zero-order valence-electron chi connectivity index (χ0n) is 10.1. The highest BCUT2D eigenvalue weighted by Gasteiger charge is 2.16. The third kappa shape index (κ3) is 4.00. The Morgan fingerprint density at radius 3 is 2.72 bits per heavy atom. The average molecular weight is 252 g/mol. The van der Waals surface area contributed by atoms with Crippen LogP contribution in [0.2, 0.25) is 0 Å². The van der Waals surface area contributed by atoms with Gasteiger partial charge in [-0.2, -0.15) is 0 Å². The molecule has 0 atom stereocenters. The van der Waals surface area contributed by atoms with E-state index in [9.17, 15) is 9.18 Å². The Labute approximate surface area is 106 Å². The van der Waals surface area contributed by atoms with Crippen molar-refractivity contribution in [3.8, 4) is 5.75 Å². The third-order valence-corrected chi connectivity index (χ3v) is 2.87. The summed E-state index contributed by atoms with van der Waals surface area (Å²) in [6.07, 6.45) is 0.317. The smallest absolute Gasteiger partial charge is 0.223 e. The molecule has 1 aromatic rings. The van der Waals surface area contributed by atoms with Crippen molar-refractivity contribution in [2.24, 2.45) is 5.92 Å². The molecular formula is C13H17FN2O2. The maximum Gasteiger partial charge on any atom is 0.223 e. The number of hydrogen-bond donors (Lipinski definition) is 2. The Morgan fingerprint density at radius 2 is 2.11 bits per heavy atom. The van der Waals surface area contributed by atoms with Gasteiger partial charge in [-0.3, -0.25) is 4.79 Å². The van der Waals surface area contributed by atoms with E-state index in [1.54, 1.807) is 12.1 Å². The maximum atomic E-state index is 12.6. The largest absolute Gasteiger partial charge is 0.493 e. The van der Waals surface area contributed by atoms with E-state index in [1.807, 2.05) is 0 Å². The number of hydrogen-bond acceptors (Lipinski definition) is 3. The van der Waals surface area contributed by atoms with E-state index in [1.165, 1.54) is 12.1 Å². The van der Waals surface area contributed by atoms with Gasteiger partial charge in [0, 0.05) is 25.6 Å². The minimum atomic E-state index is -0.297. The monoisotopic (exact) mass is 252 g/mol. The maximum absolute atomic E-state index is 12.6. The van der Waals surface area contributed by atoms with E-state index in [0.29, 0.717) is 24.7 Å². The highest BCUT2D eigenvalue weighted by atomic mass is 19.1. The van der Waals surface area contributed by atoms with Gasteiger partial charge in [-0.05, 0) is 24.3 Å². The van der Waals surface area contributed by atoms with Crippen molar-refractivity contribution in [1.29, 1.82) is 0 Å². The molecule has 0 aliphatic carbocycles. The zero-order chi connectivity index (χ0) is 12.8. The van der Waals surface area contributed by atoms with Gasteiger partial charge in [-0.15, -0.1) is 0 Å². The second-order valence-electron chi connectivity index (χ2n) is 4.38. The third-order valence-electron chi connectivity index (χ3n) is 2.87. The normalized spacial score (nSPS) is 14.9. The molecular weight excluding hydrogens is 235 g/mol. The number of amides is 1. The van der Waals surface area contributed by atoms with E-state index in [0.717, 1.165) is 19.6 Å². The first-order valence-electron chi connectivity index (χ1n) is 6.10. The minimum Gasteiger partial charge on any atom is -0.493 e. The zero-order valence-corrected chi connectivity index (χ0v) is 10.1. The highest BCUT2D eigenvalue weighted by molar-refractivity contribution is 5.76. The summed E-state index contributed by atoms with van der Waals surface area (Å²) in [5.74, 6) is 0.831. The molecule has 1 aromatic carbocycles. The molecule has 2 rings (SSSR count). The quantitative estimate of drug-likeness (QED) is 0.792. The molecule has 2 N–H and O–H groups in total. The van der Waals surface area contributed by atoms with Crippen LogP contribution in [0.1, 0.15) is 6.42 Å². The number of rotatable bonds is 6. The van der Waals surface area contributed by atoms with Gasteiger partial charge in [0.2, 0.25) is 5.91 Å². The van der Waals surface area contributed by atoms with Gasteiger partial charge in [-0.1, -0.05) is 0 Å². The van der Waals surface area contributed by atoms with Crippen LogP contribution in [-0.4, -0.2) is 32.1 Å². The fourth-order valence-electron chi connectivity index (χ4n) is 1.63. The first-order valence-corrected chi connectivity index (χ1v) is 6.10. The molecule has 1 heterocycles. The summed E-state index contributed by atoms with van der Waals surface area (Å²) in [5, 5.41) is 6.01. The first kappa shape index (κ1) is 12.8. The van der Waals surface area contributed by atoms with Crippen LogP contribution in [0.4, 0.5) is 4.39 Å². The van der Waals surface area contributed by atoms with E-state index in [4.69, 9.17) is 4.74 Å². The molecule has 0 unspecified atom stereocenters. The van der Waals surface area contributed by atoms with Crippen molar-refractivity contribution >= 4 is 5.91 Å². The summed E-state index contributed by atoms with van der Waals surface area (Å²) in [5.41, 5.74) is 0. The minimum absolute atomic E-state index is 0.0102. The predicted octanol–water partition coefficient (Wildman–Crippen LogP) is 0.930. The van der Waals surface area contributed by atoms with Gasteiger partial charge in [0.25, 0.3) is 0 Å². The summed E-state index contributed by atoms with van der Waals surface area (Å²) >= 11 is 0. The van der Waals surface area contributed by atoms with E-state index in [-0.39, 0.29) is 11.7 Å². The van der Waals surface area contributed by atoms with Gasteiger partial charge >= 0.3 is 0 Å². The summed E-state index contributed by atoms with van der Waals surface area (Å²) in [6, 6.07) is 5.76. The number of nitrogens with one attached hydrogen (secondary N) is 2. The molecule has 1 saturated heterocycles. The molecule has 1 aliphatic rings. The molecule has 5 heteroatoms. The SMILES string of the molecule is O=C(CCOc1ccc(F)cc1)NCC1CNC1. The van der Waals surface area contributed by atoms with E-state index in [2.05, 4.69) is 10.6 Å². The van der Waals surface area contributed by atoms with Gasteiger partial charge in [0.1, 0.15) is 11.6 Å². The molecule has 0 radical (unpaired) electrons. The van der Waals surface area contributed by atoms with Crippen molar-refractivity contribution in [3.63, 3.8) is 0 Å². The second kappa shape index (κ2) is 6.35. The lowest BCUT2D eigenvalue weighted by molar-refractivity contribution is -0.121. The number of ether oxygens (including phenoxy) is 1. The summed E-state index contributed by atoms with van der Waals surface area (Å²) in [7, 11) is 0. The molecule has 4 nitrogen and oxygen atoms in total. The van der Waals surface area contributed by atoms with Gasteiger partial charge in [-0.25, -0.2) is 4.39 Å². The molecule has 1 amide bonds. The predicted molar refractivity (Wildman–Crippen MR) is 65.9 cm³/mol. The van der Waals surface area contributed by atoms with Crippen LogP contribution in [0.25, 0.3) is 0 Å². The van der Waals surface area contributed by atoms with Crippen molar-refractivity contribution in [3.05, 3.63) is 30.1 Å². The number of carbonyl (C=O) groups excluding carboxylic acids is 1. The van der Waals surface area contributed by atoms with Crippen LogP contribution >= 0.6 is 0 Å². The summed E-state index contributed by atoms with van der Waals surface area (Å²) in [4.78, 5) is 11.5. The van der Waals surface area contributed by atoms with Gasteiger partial charge in [0.05, 0.1) is 13.0 Å². The Balaban J connectivity index is 1.59. The molecule has 0 bridgehead atoms. The molecule has 18 heavy (non-hydrogen) atoms. The lowest BCUT2D eigenvalue weighted by Crippen LogP contribution is -2.48.